The van der Waals surface area contributed by atoms with E-state index in [1.54, 1.807) is 11.3 Å². The third-order valence-corrected chi connectivity index (χ3v) is 3.29. The lowest BCUT2D eigenvalue weighted by molar-refractivity contribution is 1.09. The van der Waals surface area contributed by atoms with Crippen LogP contribution in [0.1, 0.15) is 23.8 Å². The van der Waals surface area contributed by atoms with Crippen molar-refractivity contribution < 1.29 is 0 Å². The average Bonchev–Trinajstić information content (AvgIpc) is 2.87. The van der Waals surface area contributed by atoms with Crippen molar-refractivity contribution in [1.82, 2.24) is 15.0 Å². The van der Waals surface area contributed by atoms with E-state index in [2.05, 4.69) is 15.0 Å². The Morgan fingerprint density at radius 1 is 1.38 bits per heavy atom. The third kappa shape index (κ3) is 1.07. The summed E-state index contributed by atoms with van der Waals surface area (Å²) in [6.07, 6.45) is 4.01. The lowest BCUT2D eigenvalue weighted by atomic mass is 10.4. The number of hydrogen-bond donors (Lipinski definition) is 1. The fourth-order valence-corrected chi connectivity index (χ4v) is 2.38. The van der Waals surface area contributed by atoms with Gasteiger partial charge in [-0.2, -0.15) is 0 Å². The molecule has 0 aromatic carbocycles. The predicted molar refractivity (Wildman–Crippen MR) is 51.6 cm³/mol. The second-order valence-electron chi connectivity index (χ2n) is 3.24. The molecule has 1 fully saturated rings. The van der Waals surface area contributed by atoms with Crippen molar-refractivity contribution >= 4 is 27.5 Å². The Balaban J connectivity index is 2.26. The van der Waals surface area contributed by atoms with Gasteiger partial charge in [-0.1, -0.05) is 11.3 Å². The Bertz CT molecular complexity index is 460. The molecule has 0 atom stereocenters. The molecule has 0 radical (unpaired) electrons. The number of rotatable bonds is 1. The van der Waals surface area contributed by atoms with Gasteiger partial charge in [0.1, 0.15) is 16.7 Å². The number of nitrogens with two attached hydrogens (primary N) is 1. The van der Waals surface area contributed by atoms with Gasteiger partial charge in [0.25, 0.3) is 0 Å². The second-order valence-corrected chi connectivity index (χ2v) is 4.25. The second kappa shape index (κ2) is 2.38. The number of nitrogen functional groups attached to an aromatic ring is 1. The molecule has 2 N–H and O–H groups in total. The maximum Gasteiger partial charge on any atom is 0.154 e. The average molecular weight is 192 g/mol. The number of fused-ring (bicyclic) bond motifs is 1. The monoisotopic (exact) mass is 192 g/mol. The van der Waals surface area contributed by atoms with Crippen LogP contribution in [0.25, 0.3) is 10.3 Å². The number of anilines is 1. The van der Waals surface area contributed by atoms with E-state index in [9.17, 15) is 0 Å². The molecule has 0 unspecified atom stereocenters. The zero-order valence-corrected chi connectivity index (χ0v) is 7.71. The van der Waals surface area contributed by atoms with Crippen molar-refractivity contribution in [3.63, 3.8) is 0 Å². The van der Waals surface area contributed by atoms with Gasteiger partial charge < -0.3 is 5.73 Å². The topological polar surface area (TPSA) is 64.7 Å². The van der Waals surface area contributed by atoms with Gasteiger partial charge in [-0.3, -0.25) is 0 Å². The van der Waals surface area contributed by atoms with Gasteiger partial charge in [-0.05, 0) is 12.8 Å². The lowest BCUT2D eigenvalue weighted by Crippen LogP contribution is -1.91. The van der Waals surface area contributed by atoms with E-state index >= 15 is 0 Å². The largest absolute Gasteiger partial charge is 0.382 e. The summed E-state index contributed by atoms with van der Waals surface area (Å²) in [5.41, 5.74) is 6.46. The molecule has 2 heterocycles. The van der Waals surface area contributed by atoms with E-state index in [0.717, 1.165) is 10.3 Å². The first-order valence-corrected chi connectivity index (χ1v) is 5.03. The van der Waals surface area contributed by atoms with Gasteiger partial charge in [0.05, 0.1) is 5.01 Å². The fraction of sp³-hybridized carbons (Fsp3) is 0.375. The number of nitrogens with zero attached hydrogens (tertiary/aromatic N) is 3. The molecule has 1 aliphatic carbocycles. The molecule has 2 aromatic heterocycles. The van der Waals surface area contributed by atoms with Crippen LogP contribution in [0.2, 0.25) is 0 Å². The molecule has 0 saturated heterocycles. The van der Waals surface area contributed by atoms with E-state index in [0.29, 0.717) is 11.7 Å². The summed E-state index contributed by atoms with van der Waals surface area (Å²) < 4.78 is 0. The zero-order valence-electron chi connectivity index (χ0n) is 6.90. The third-order valence-electron chi connectivity index (χ3n) is 2.17. The SMILES string of the molecule is Nc1ncnc2sc(C3CC3)nc12. The van der Waals surface area contributed by atoms with Crippen LogP contribution < -0.4 is 5.73 Å². The first-order valence-electron chi connectivity index (χ1n) is 4.21. The smallest absolute Gasteiger partial charge is 0.154 e. The molecule has 1 aliphatic rings. The molecule has 0 bridgehead atoms. The first kappa shape index (κ1) is 7.20. The highest BCUT2D eigenvalue weighted by atomic mass is 32.1. The van der Waals surface area contributed by atoms with Crippen molar-refractivity contribution in [2.45, 2.75) is 18.8 Å². The molecule has 0 aliphatic heterocycles. The van der Waals surface area contributed by atoms with Gasteiger partial charge in [0.2, 0.25) is 0 Å². The van der Waals surface area contributed by atoms with E-state index in [1.165, 1.54) is 24.2 Å². The van der Waals surface area contributed by atoms with E-state index in [4.69, 9.17) is 5.73 Å². The van der Waals surface area contributed by atoms with E-state index < -0.39 is 0 Å². The molecule has 3 rings (SSSR count). The quantitative estimate of drug-likeness (QED) is 0.744. The summed E-state index contributed by atoms with van der Waals surface area (Å²) in [4.78, 5) is 13.4. The maximum absolute atomic E-state index is 5.68. The molecule has 2 aromatic rings. The minimum atomic E-state index is 0.494. The lowest BCUT2D eigenvalue weighted by Gasteiger charge is -1.89. The summed E-state index contributed by atoms with van der Waals surface area (Å²) >= 11 is 1.64. The zero-order chi connectivity index (χ0) is 8.84. The Kier molecular flexibility index (Phi) is 1.32. The maximum atomic E-state index is 5.68. The predicted octanol–water partition coefficient (Wildman–Crippen LogP) is 1.55. The van der Waals surface area contributed by atoms with Gasteiger partial charge in [-0.15, -0.1) is 0 Å². The number of thiazole rings is 1. The van der Waals surface area contributed by atoms with E-state index in [-0.39, 0.29) is 0 Å². The highest BCUT2D eigenvalue weighted by molar-refractivity contribution is 7.18. The number of hydrogen-bond acceptors (Lipinski definition) is 5. The van der Waals surface area contributed by atoms with E-state index in [1.807, 2.05) is 0 Å². The Morgan fingerprint density at radius 3 is 2.92 bits per heavy atom. The van der Waals surface area contributed by atoms with Gasteiger partial charge >= 0.3 is 0 Å². The summed E-state index contributed by atoms with van der Waals surface area (Å²) in [5.74, 6) is 1.16. The standard InChI is InChI=1S/C8H8N4S/c9-6-5-8(11-3-10-6)13-7(12-5)4-1-2-4/h3-4H,1-2H2,(H2,9,10,11). The molecule has 13 heavy (non-hydrogen) atoms. The normalized spacial score (nSPS) is 16.6. The molecule has 4 nitrogen and oxygen atoms in total. The molecule has 0 spiro atoms. The van der Waals surface area contributed by atoms with Crippen LogP contribution in [0.4, 0.5) is 5.82 Å². The van der Waals surface area contributed by atoms with Crippen LogP contribution in [0, 0.1) is 0 Å². The van der Waals surface area contributed by atoms with Crippen LogP contribution in [0.15, 0.2) is 6.33 Å². The van der Waals surface area contributed by atoms with Gasteiger partial charge in [0, 0.05) is 5.92 Å². The summed E-state index contributed by atoms with van der Waals surface area (Å²) in [7, 11) is 0. The van der Waals surface area contributed by atoms with Crippen molar-refractivity contribution in [3.8, 4) is 0 Å². The minimum Gasteiger partial charge on any atom is -0.382 e. The molecule has 66 valence electrons. The summed E-state index contributed by atoms with van der Waals surface area (Å²) in [6.45, 7) is 0. The van der Waals surface area contributed by atoms with Crippen molar-refractivity contribution in [2.24, 2.45) is 0 Å². The summed E-state index contributed by atoms with van der Waals surface area (Å²) in [6, 6.07) is 0. The molecule has 0 amide bonds. The van der Waals surface area contributed by atoms with Crippen LogP contribution in [-0.2, 0) is 0 Å². The highest BCUT2D eigenvalue weighted by Crippen LogP contribution is 2.43. The minimum absolute atomic E-state index is 0.494. The van der Waals surface area contributed by atoms with Gasteiger partial charge in [0.15, 0.2) is 5.82 Å². The summed E-state index contributed by atoms with van der Waals surface area (Å²) in [5, 5.41) is 1.17. The Labute approximate surface area is 78.8 Å². The van der Waals surface area contributed by atoms with Crippen LogP contribution in [0.5, 0.6) is 0 Å². The molecular formula is C8H8N4S. The van der Waals surface area contributed by atoms with Crippen molar-refractivity contribution in [1.29, 1.82) is 0 Å². The molecule has 5 heteroatoms. The molecule has 1 saturated carbocycles. The number of aromatic nitrogens is 3. The molecular weight excluding hydrogens is 184 g/mol. The highest BCUT2D eigenvalue weighted by Gasteiger charge is 2.27. The fourth-order valence-electron chi connectivity index (χ4n) is 1.29. The Hall–Kier alpha value is -1.23. The van der Waals surface area contributed by atoms with Crippen LogP contribution in [0.3, 0.4) is 0 Å². The van der Waals surface area contributed by atoms with Crippen LogP contribution in [-0.4, -0.2) is 15.0 Å². The van der Waals surface area contributed by atoms with Crippen LogP contribution >= 0.6 is 11.3 Å². The Morgan fingerprint density at radius 2 is 2.23 bits per heavy atom. The van der Waals surface area contributed by atoms with Crippen molar-refractivity contribution in [3.05, 3.63) is 11.3 Å². The van der Waals surface area contributed by atoms with Crippen molar-refractivity contribution in [2.75, 3.05) is 5.73 Å². The van der Waals surface area contributed by atoms with Gasteiger partial charge in [-0.25, -0.2) is 15.0 Å². The first-order chi connectivity index (χ1) is 6.34.